The van der Waals surface area contributed by atoms with Crippen LogP contribution in [0.5, 0.6) is 17.2 Å². The predicted molar refractivity (Wildman–Crippen MR) is 91.6 cm³/mol. The lowest BCUT2D eigenvalue weighted by atomic mass is 9.49. The lowest BCUT2D eigenvalue weighted by Gasteiger charge is -2.60. The third-order valence-corrected chi connectivity index (χ3v) is 7.13. The minimum atomic E-state index is -0.119. The van der Waals surface area contributed by atoms with Gasteiger partial charge in [-0.2, -0.15) is 0 Å². The highest BCUT2D eigenvalue weighted by atomic mass is 79.9. The molecule has 4 aliphatic carbocycles. The number of rotatable bonds is 3. The van der Waals surface area contributed by atoms with E-state index in [1.807, 2.05) is 0 Å². The Kier molecular flexibility index (Phi) is 3.22. The second kappa shape index (κ2) is 5.13. The SMILES string of the molecule is O=C(CC12CC3CC(CC(Br)(C3)C1)C2)Oc1ccc2c(c1)OCO2. The average molecular weight is 393 g/mol. The summed E-state index contributed by atoms with van der Waals surface area (Å²) < 4.78 is 16.5. The Morgan fingerprint density at radius 2 is 1.92 bits per heavy atom. The zero-order chi connectivity index (χ0) is 16.4. The van der Waals surface area contributed by atoms with E-state index in [4.69, 9.17) is 14.2 Å². The molecule has 4 saturated carbocycles. The molecule has 4 nitrogen and oxygen atoms in total. The molecule has 0 aromatic heterocycles. The second-order valence-electron chi connectivity index (χ2n) is 8.28. The molecule has 1 aromatic rings. The molecule has 0 amide bonds. The third kappa shape index (κ3) is 2.52. The normalized spacial score (nSPS) is 38.4. The largest absolute Gasteiger partial charge is 0.454 e. The molecule has 0 saturated heterocycles. The maximum absolute atomic E-state index is 12.6. The summed E-state index contributed by atoms with van der Waals surface area (Å²) >= 11 is 4.00. The average Bonchev–Trinajstić information content (AvgIpc) is 2.91. The number of alkyl halides is 1. The van der Waals surface area contributed by atoms with Crippen molar-refractivity contribution in [2.24, 2.45) is 17.3 Å². The van der Waals surface area contributed by atoms with Gasteiger partial charge in [-0.25, -0.2) is 0 Å². The van der Waals surface area contributed by atoms with E-state index >= 15 is 0 Å². The zero-order valence-corrected chi connectivity index (χ0v) is 15.1. The molecule has 5 aliphatic rings. The van der Waals surface area contributed by atoms with Crippen molar-refractivity contribution < 1.29 is 19.0 Å². The molecule has 2 unspecified atom stereocenters. The first kappa shape index (κ1) is 15.1. The quantitative estimate of drug-likeness (QED) is 0.433. The highest BCUT2D eigenvalue weighted by Gasteiger charge is 2.57. The summed E-state index contributed by atoms with van der Waals surface area (Å²) in [5, 5.41) is 0. The van der Waals surface area contributed by atoms with Crippen molar-refractivity contribution in [2.45, 2.75) is 49.3 Å². The van der Waals surface area contributed by atoms with Crippen LogP contribution in [0.1, 0.15) is 44.9 Å². The van der Waals surface area contributed by atoms with Gasteiger partial charge in [0.1, 0.15) is 5.75 Å². The van der Waals surface area contributed by atoms with E-state index in [-0.39, 0.29) is 22.5 Å². The van der Waals surface area contributed by atoms with Crippen LogP contribution in [0.15, 0.2) is 18.2 Å². The molecule has 0 N–H and O–H groups in total. The topological polar surface area (TPSA) is 44.8 Å². The molecule has 2 atom stereocenters. The molecule has 128 valence electrons. The van der Waals surface area contributed by atoms with Crippen LogP contribution in [0, 0.1) is 17.3 Å². The van der Waals surface area contributed by atoms with E-state index in [0.29, 0.717) is 23.7 Å². The van der Waals surface area contributed by atoms with Gasteiger partial charge in [0.25, 0.3) is 0 Å². The number of carbonyl (C=O) groups is 1. The van der Waals surface area contributed by atoms with Crippen molar-refractivity contribution >= 4 is 21.9 Å². The lowest BCUT2D eigenvalue weighted by molar-refractivity contribution is -0.141. The Hall–Kier alpha value is -1.23. The molecular weight excluding hydrogens is 372 g/mol. The van der Waals surface area contributed by atoms with Crippen LogP contribution in [0.3, 0.4) is 0 Å². The Morgan fingerprint density at radius 3 is 2.67 bits per heavy atom. The monoisotopic (exact) mass is 392 g/mol. The minimum Gasteiger partial charge on any atom is -0.454 e. The molecule has 1 aliphatic heterocycles. The molecule has 24 heavy (non-hydrogen) atoms. The van der Waals surface area contributed by atoms with Gasteiger partial charge in [0.2, 0.25) is 6.79 Å². The number of benzene rings is 1. The summed E-state index contributed by atoms with van der Waals surface area (Å²) in [6.45, 7) is 0.228. The summed E-state index contributed by atoms with van der Waals surface area (Å²) in [6.07, 6.45) is 7.93. The summed E-state index contributed by atoms with van der Waals surface area (Å²) in [5.41, 5.74) is 0.140. The van der Waals surface area contributed by atoms with Crippen molar-refractivity contribution in [2.75, 3.05) is 6.79 Å². The van der Waals surface area contributed by atoms with Crippen LogP contribution in [0.25, 0.3) is 0 Å². The van der Waals surface area contributed by atoms with Gasteiger partial charge in [-0.05, 0) is 67.9 Å². The van der Waals surface area contributed by atoms with Gasteiger partial charge < -0.3 is 14.2 Å². The van der Waals surface area contributed by atoms with E-state index in [2.05, 4.69) is 15.9 Å². The fraction of sp³-hybridized carbons (Fsp3) is 0.632. The molecule has 4 bridgehead atoms. The molecule has 1 heterocycles. The maximum Gasteiger partial charge on any atom is 0.311 e. The highest BCUT2D eigenvalue weighted by Crippen LogP contribution is 2.65. The fourth-order valence-corrected chi connectivity index (χ4v) is 7.47. The number of esters is 1. The van der Waals surface area contributed by atoms with Crippen LogP contribution in [0.4, 0.5) is 0 Å². The number of hydrogen-bond acceptors (Lipinski definition) is 4. The number of halogens is 1. The van der Waals surface area contributed by atoms with Gasteiger partial charge in [0, 0.05) is 10.4 Å². The van der Waals surface area contributed by atoms with Gasteiger partial charge >= 0.3 is 5.97 Å². The van der Waals surface area contributed by atoms with Crippen molar-refractivity contribution in [3.05, 3.63) is 18.2 Å². The minimum absolute atomic E-state index is 0.119. The molecular formula is C19H21BrO4. The Morgan fingerprint density at radius 1 is 1.17 bits per heavy atom. The molecule has 0 spiro atoms. The first-order valence-corrected chi connectivity index (χ1v) is 9.60. The number of carbonyl (C=O) groups excluding carboxylic acids is 1. The molecule has 4 fully saturated rings. The van der Waals surface area contributed by atoms with Gasteiger partial charge in [0.05, 0.1) is 6.42 Å². The zero-order valence-electron chi connectivity index (χ0n) is 13.6. The van der Waals surface area contributed by atoms with Crippen LogP contribution < -0.4 is 14.2 Å². The maximum atomic E-state index is 12.6. The first-order valence-electron chi connectivity index (χ1n) is 8.80. The number of ether oxygens (including phenoxy) is 3. The summed E-state index contributed by atoms with van der Waals surface area (Å²) in [5.74, 6) is 3.34. The van der Waals surface area contributed by atoms with Crippen LogP contribution in [0.2, 0.25) is 0 Å². The Labute approximate surface area is 150 Å². The van der Waals surface area contributed by atoms with Gasteiger partial charge in [-0.3, -0.25) is 4.79 Å². The van der Waals surface area contributed by atoms with Crippen molar-refractivity contribution in [3.8, 4) is 17.2 Å². The fourth-order valence-electron chi connectivity index (χ4n) is 5.96. The van der Waals surface area contributed by atoms with Crippen LogP contribution in [-0.2, 0) is 4.79 Å². The first-order chi connectivity index (χ1) is 11.5. The smallest absolute Gasteiger partial charge is 0.311 e. The second-order valence-corrected chi connectivity index (χ2v) is 9.96. The van der Waals surface area contributed by atoms with Gasteiger partial charge in [0.15, 0.2) is 11.5 Å². The van der Waals surface area contributed by atoms with E-state index in [9.17, 15) is 4.79 Å². The highest BCUT2D eigenvalue weighted by molar-refractivity contribution is 9.10. The summed E-state index contributed by atoms with van der Waals surface area (Å²) in [4.78, 5) is 12.6. The standard InChI is InChI=1S/C19H21BrO4/c20-19-7-12-3-13(8-19)6-18(5-12,10-19)9-17(21)24-14-1-2-15-16(4-14)23-11-22-15/h1-2,4,12-13H,3,5-11H2. The van der Waals surface area contributed by atoms with Crippen LogP contribution in [-0.4, -0.2) is 17.1 Å². The summed E-state index contributed by atoms with van der Waals surface area (Å²) in [7, 11) is 0. The molecule has 1 aromatic carbocycles. The number of hydrogen-bond donors (Lipinski definition) is 0. The summed E-state index contributed by atoms with van der Waals surface area (Å²) in [6, 6.07) is 5.31. The van der Waals surface area contributed by atoms with Crippen molar-refractivity contribution in [3.63, 3.8) is 0 Å². The number of fused-ring (bicyclic) bond motifs is 1. The van der Waals surface area contributed by atoms with Gasteiger partial charge in [-0.1, -0.05) is 15.9 Å². The Balaban J connectivity index is 1.30. The van der Waals surface area contributed by atoms with Gasteiger partial charge in [-0.15, -0.1) is 0 Å². The van der Waals surface area contributed by atoms with E-state index in [1.54, 1.807) is 18.2 Å². The molecule has 6 rings (SSSR count). The Bertz CT molecular complexity index is 687. The van der Waals surface area contributed by atoms with E-state index in [0.717, 1.165) is 18.3 Å². The lowest BCUT2D eigenvalue weighted by Crippen LogP contribution is -2.53. The third-order valence-electron chi connectivity index (χ3n) is 6.21. The predicted octanol–water partition coefficient (Wildman–Crippen LogP) is 4.44. The molecule has 5 heteroatoms. The van der Waals surface area contributed by atoms with E-state index in [1.165, 1.54) is 32.1 Å². The van der Waals surface area contributed by atoms with E-state index < -0.39 is 0 Å². The molecule has 0 radical (unpaired) electrons. The van der Waals surface area contributed by atoms with Crippen molar-refractivity contribution in [1.29, 1.82) is 0 Å². The van der Waals surface area contributed by atoms with Crippen LogP contribution >= 0.6 is 15.9 Å². The van der Waals surface area contributed by atoms with Crippen molar-refractivity contribution in [1.82, 2.24) is 0 Å².